The summed E-state index contributed by atoms with van der Waals surface area (Å²) in [5.41, 5.74) is 0.655. The Morgan fingerprint density at radius 2 is 2.12 bits per heavy atom. The van der Waals surface area contributed by atoms with E-state index < -0.39 is 0 Å². The summed E-state index contributed by atoms with van der Waals surface area (Å²) in [4.78, 5) is 14.6. The Morgan fingerprint density at radius 1 is 1.27 bits per heavy atom. The maximum absolute atomic E-state index is 12.8. The third kappa shape index (κ3) is 3.86. The van der Waals surface area contributed by atoms with Crippen LogP contribution in [0.25, 0.3) is 0 Å². The fourth-order valence-corrected chi connectivity index (χ4v) is 3.73. The molecule has 1 aromatic heterocycles. The highest BCUT2D eigenvalue weighted by atomic mass is 35.5. The van der Waals surface area contributed by atoms with Crippen LogP contribution < -0.4 is 10.1 Å². The molecular weight excluding hydrogens is 352 g/mol. The van der Waals surface area contributed by atoms with Crippen LogP contribution in [0.15, 0.2) is 36.7 Å². The Bertz CT molecular complexity index is 755. The van der Waals surface area contributed by atoms with Gasteiger partial charge in [-0.2, -0.15) is 5.10 Å². The lowest BCUT2D eigenvalue weighted by Crippen LogP contribution is -2.32. The summed E-state index contributed by atoms with van der Waals surface area (Å²) in [6.45, 7) is 3.27. The molecule has 2 unspecified atom stereocenters. The summed E-state index contributed by atoms with van der Waals surface area (Å²) >= 11 is 5.90. The molecule has 138 valence electrons. The van der Waals surface area contributed by atoms with Crippen molar-refractivity contribution in [1.82, 2.24) is 20.0 Å². The number of piperidine rings is 1. The molecule has 0 bridgehead atoms. The van der Waals surface area contributed by atoms with Crippen LogP contribution in [-0.4, -0.2) is 52.9 Å². The molecule has 2 aliphatic rings. The van der Waals surface area contributed by atoms with E-state index in [9.17, 15) is 4.79 Å². The highest BCUT2D eigenvalue weighted by Gasteiger charge is 2.29. The van der Waals surface area contributed by atoms with Crippen LogP contribution in [0.4, 0.5) is 0 Å². The van der Waals surface area contributed by atoms with E-state index >= 15 is 0 Å². The molecule has 3 heterocycles. The molecule has 2 aromatic rings. The van der Waals surface area contributed by atoms with Crippen molar-refractivity contribution in [2.24, 2.45) is 0 Å². The van der Waals surface area contributed by atoms with E-state index in [-0.39, 0.29) is 12.0 Å². The van der Waals surface area contributed by atoms with Crippen LogP contribution in [0.3, 0.4) is 0 Å². The first-order valence-corrected chi connectivity index (χ1v) is 9.53. The number of likely N-dealkylation sites (tertiary alicyclic amines) is 1. The molecule has 0 spiro atoms. The predicted molar refractivity (Wildman–Crippen MR) is 99.8 cm³/mol. The largest absolute Gasteiger partial charge is 0.489 e. The Labute approximate surface area is 158 Å². The summed E-state index contributed by atoms with van der Waals surface area (Å²) in [5, 5.41) is 8.48. The molecule has 2 aliphatic heterocycles. The van der Waals surface area contributed by atoms with Crippen LogP contribution in [0.5, 0.6) is 5.75 Å². The van der Waals surface area contributed by atoms with Gasteiger partial charge in [0.2, 0.25) is 0 Å². The van der Waals surface area contributed by atoms with Gasteiger partial charge in [-0.3, -0.25) is 9.48 Å². The topological polar surface area (TPSA) is 59.4 Å². The number of benzene rings is 1. The van der Waals surface area contributed by atoms with Crippen LogP contribution in [0.2, 0.25) is 5.02 Å². The van der Waals surface area contributed by atoms with Gasteiger partial charge in [-0.05, 0) is 43.7 Å². The lowest BCUT2D eigenvalue weighted by Gasteiger charge is -2.23. The van der Waals surface area contributed by atoms with Crippen molar-refractivity contribution in [3.63, 3.8) is 0 Å². The molecule has 4 rings (SSSR count). The zero-order valence-electron chi connectivity index (χ0n) is 14.6. The number of nitrogens with zero attached hydrogens (tertiary/aromatic N) is 3. The van der Waals surface area contributed by atoms with Crippen molar-refractivity contribution in [3.8, 4) is 5.75 Å². The molecule has 1 N–H and O–H groups in total. The minimum atomic E-state index is 0.0118. The normalized spacial score (nSPS) is 23.2. The van der Waals surface area contributed by atoms with E-state index in [0.29, 0.717) is 29.7 Å². The summed E-state index contributed by atoms with van der Waals surface area (Å²) in [5.74, 6) is 0.813. The Hall–Kier alpha value is -2.05. The number of carbonyl (C=O) groups is 1. The monoisotopic (exact) mass is 374 g/mol. The molecule has 0 aliphatic carbocycles. The lowest BCUT2D eigenvalue weighted by atomic mass is 10.1. The number of amides is 1. The van der Waals surface area contributed by atoms with E-state index in [4.69, 9.17) is 16.3 Å². The maximum Gasteiger partial charge on any atom is 0.257 e. The zero-order valence-corrected chi connectivity index (χ0v) is 15.4. The van der Waals surface area contributed by atoms with Crippen molar-refractivity contribution in [1.29, 1.82) is 0 Å². The highest BCUT2D eigenvalue weighted by Crippen LogP contribution is 2.22. The molecule has 1 amide bonds. The summed E-state index contributed by atoms with van der Waals surface area (Å²) in [6.07, 6.45) is 6.65. The first-order chi connectivity index (χ1) is 12.7. The number of ether oxygens (including phenoxy) is 1. The van der Waals surface area contributed by atoms with Gasteiger partial charge >= 0.3 is 0 Å². The molecule has 7 heteroatoms. The van der Waals surface area contributed by atoms with Gasteiger partial charge in [0.1, 0.15) is 11.9 Å². The zero-order chi connectivity index (χ0) is 17.9. The molecule has 2 saturated heterocycles. The van der Waals surface area contributed by atoms with Crippen LogP contribution in [0, 0.1) is 0 Å². The number of halogens is 1. The Morgan fingerprint density at radius 3 is 2.88 bits per heavy atom. The molecule has 1 aromatic carbocycles. The van der Waals surface area contributed by atoms with Crippen LogP contribution in [0.1, 0.15) is 35.7 Å². The lowest BCUT2D eigenvalue weighted by molar-refractivity contribution is 0.0772. The van der Waals surface area contributed by atoms with E-state index in [1.807, 2.05) is 40.0 Å². The molecule has 26 heavy (non-hydrogen) atoms. The average Bonchev–Trinajstić information content (AvgIpc) is 3.34. The fourth-order valence-electron chi connectivity index (χ4n) is 3.60. The number of aromatic nitrogens is 2. The van der Waals surface area contributed by atoms with Gasteiger partial charge in [-0.25, -0.2) is 0 Å². The highest BCUT2D eigenvalue weighted by molar-refractivity contribution is 6.30. The van der Waals surface area contributed by atoms with Gasteiger partial charge in [0, 0.05) is 30.7 Å². The fraction of sp³-hybridized carbons (Fsp3) is 0.474. The first-order valence-electron chi connectivity index (χ1n) is 9.15. The average molecular weight is 375 g/mol. The van der Waals surface area contributed by atoms with Gasteiger partial charge in [0.25, 0.3) is 5.91 Å². The van der Waals surface area contributed by atoms with Gasteiger partial charge in [0.05, 0.1) is 24.3 Å². The van der Waals surface area contributed by atoms with Crippen molar-refractivity contribution in [2.45, 2.75) is 31.4 Å². The van der Waals surface area contributed by atoms with Gasteiger partial charge in [0.15, 0.2) is 0 Å². The second-order valence-corrected chi connectivity index (χ2v) is 7.38. The van der Waals surface area contributed by atoms with Crippen LogP contribution >= 0.6 is 11.6 Å². The molecule has 0 saturated carbocycles. The number of carbonyl (C=O) groups excluding carboxylic acids is 1. The third-order valence-corrected chi connectivity index (χ3v) is 5.29. The maximum atomic E-state index is 12.8. The van der Waals surface area contributed by atoms with Gasteiger partial charge in [-0.1, -0.05) is 11.6 Å². The van der Waals surface area contributed by atoms with E-state index in [1.54, 1.807) is 6.20 Å². The second-order valence-electron chi connectivity index (χ2n) is 6.94. The van der Waals surface area contributed by atoms with Crippen LogP contribution in [-0.2, 0) is 0 Å². The Balaban J connectivity index is 1.35. The first kappa shape index (κ1) is 17.4. The quantitative estimate of drug-likeness (QED) is 0.894. The van der Waals surface area contributed by atoms with Crippen molar-refractivity contribution in [2.75, 3.05) is 26.2 Å². The number of rotatable bonds is 4. The molecule has 0 radical (unpaired) electrons. The van der Waals surface area contributed by atoms with Gasteiger partial charge in [-0.15, -0.1) is 0 Å². The molecular formula is C19H23ClN4O2. The number of hydrogen-bond donors (Lipinski definition) is 1. The minimum absolute atomic E-state index is 0.0118. The van der Waals surface area contributed by atoms with E-state index in [2.05, 4.69) is 10.4 Å². The van der Waals surface area contributed by atoms with Crippen molar-refractivity contribution < 1.29 is 9.53 Å². The SMILES string of the molecule is O=C(c1cnn(C2CCCNC2)c1)N1CCC(Oc2ccc(Cl)cc2)C1. The van der Waals surface area contributed by atoms with Gasteiger partial charge < -0.3 is 15.0 Å². The summed E-state index contributed by atoms with van der Waals surface area (Å²) in [6, 6.07) is 7.67. The van der Waals surface area contributed by atoms with Crippen molar-refractivity contribution >= 4 is 17.5 Å². The summed E-state index contributed by atoms with van der Waals surface area (Å²) < 4.78 is 7.89. The second kappa shape index (κ2) is 7.68. The third-order valence-electron chi connectivity index (χ3n) is 5.04. The standard InChI is InChI=1S/C19H23ClN4O2/c20-15-3-5-17(6-4-15)26-18-7-9-23(13-18)19(25)14-10-22-24(12-14)16-2-1-8-21-11-16/h3-6,10,12,16,18,21H,1-2,7-9,11,13H2. The minimum Gasteiger partial charge on any atom is -0.489 e. The number of hydrogen-bond acceptors (Lipinski definition) is 4. The molecule has 2 atom stereocenters. The molecule has 6 nitrogen and oxygen atoms in total. The summed E-state index contributed by atoms with van der Waals surface area (Å²) in [7, 11) is 0. The van der Waals surface area contributed by atoms with Crippen molar-refractivity contribution in [3.05, 3.63) is 47.2 Å². The smallest absolute Gasteiger partial charge is 0.257 e. The number of nitrogens with one attached hydrogen (secondary N) is 1. The van der Waals surface area contributed by atoms with E-state index in [1.165, 1.54) is 0 Å². The molecule has 2 fully saturated rings. The Kier molecular flexibility index (Phi) is 5.13. The predicted octanol–water partition coefficient (Wildman–Crippen LogP) is 2.75. The van der Waals surface area contributed by atoms with E-state index in [0.717, 1.165) is 38.1 Å².